The molecule has 1 amide bonds. The van der Waals surface area contributed by atoms with Gasteiger partial charge in [0, 0.05) is 6.54 Å². The Morgan fingerprint density at radius 1 is 1.42 bits per heavy atom. The van der Waals surface area contributed by atoms with Crippen molar-refractivity contribution in [2.75, 3.05) is 5.32 Å². The van der Waals surface area contributed by atoms with E-state index in [1.165, 1.54) is 11.0 Å². The molecule has 0 aliphatic heterocycles. The summed E-state index contributed by atoms with van der Waals surface area (Å²) in [5.41, 5.74) is 5.98. The van der Waals surface area contributed by atoms with Gasteiger partial charge < -0.3 is 11.1 Å². The second-order valence-corrected chi connectivity index (χ2v) is 4.22. The van der Waals surface area contributed by atoms with Gasteiger partial charge >= 0.3 is 0 Å². The van der Waals surface area contributed by atoms with Crippen LogP contribution in [0.3, 0.4) is 0 Å². The summed E-state index contributed by atoms with van der Waals surface area (Å²) in [6.07, 6.45) is 2.78. The van der Waals surface area contributed by atoms with E-state index in [4.69, 9.17) is 28.9 Å². The molecule has 8 nitrogen and oxygen atoms in total. The van der Waals surface area contributed by atoms with E-state index in [1.807, 2.05) is 0 Å². The van der Waals surface area contributed by atoms with Crippen molar-refractivity contribution in [3.05, 3.63) is 28.4 Å². The van der Waals surface area contributed by atoms with Gasteiger partial charge in [0.1, 0.15) is 17.9 Å². The highest BCUT2D eigenvalue weighted by atomic mass is 35.5. The van der Waals surface area contributed by atoms with Crippen molar-refractivity contribution in [2.24, 2.45) is 5.73 Å². The molecule has 2 rings (SSSR count). The second-order valence-electron chi connectivity index (χ2n) is 3.49. The van der Waals surface area contributed by atoms with Crippen molar-refractivity contribution in [3.63, 3.8) is 0 Å². The summed E-state index contributed by atoms with van der Waals surface area (Å²) >= 11 is 11.5. The summed E-state index contributed by atoms with van der Waals surface area (Å²) in [6.45, 7) is 0.222. The van der Waals surface area contributed by atoms with Crippen LogP contribution in [0, 0.1) is 0 Å². The number of halogens is 2. The molecule has 10 heteroatoms. The summed E-state index contributed by atoms with van der Waals surface area (Å²) in [4.78, 5) is 19.2. The molecule has 0 aromatic carbocycles. The van der Waals surface area contributed by atoms with Crippen molar-refractivity contribution in [1.82, 2.24) is 25.0 Å². The fourth-order valence-electron chi connectivity index (χ4n) is 1.26. The Morgan fingerprint density at radius 3 is 2.89 bits per heavy atom. The van der Waals surface area contributed by atoms with Gasteiger partial charge in [0.25, 0.3) is 0 Å². The standard InChI is InChI=1S/C9H9Cl2N7O/c10-7-8(11)13-4-14-9(7)15-6(19)3-18-2-5(1-12)16-17-18/h2,4H,1,3,12H2,(H,13,14,15,19). The topological polar surface area (TPSA) is 112 Å². The van der Waals surface area contributed by atoms with Crippen LogP contribution in [0.25, 0.3) is 0 Å². The molecule has 0 atom stereocenters. The molecule has 2 aromatic rings. The average Bonchev–Trinajstić information content (AvgIpc) is 2.82. The van der Waals surface area contributed by atoms with E-state index in [0.717, 1.165) is 0 Å². The van der Waals surface area contributed by atoms with E-state index in [2.05, 4.69) is 25.6 Å². The zero-order chi connectivity index (χ0) is 13.8. The molecule has 3 N–H and O–H groups in total. The monoisotopic (exact) mass is 301 g/mol. The van der Waals surface area contributed by atoms with Crippen LogP contribution >= 0.6 is 23.2 Å². The van der Waals surface area contributed by atoms with Gasteiger partial charge in [0.15, 0.2) is 11.0 Å². The summed E-state index contributed by atoms with van der Waals surface area (Å²) in [5, 5.41) is 10.2. The Labute approximate surface area is 117 Å². The molecule has 0 unspecified atom stereocenters. The predicted molar refractivity (Wildman–Crippen MR) is 68.6 cm³/mol. The number of carbonyl (C=O) groups excluding carboxylic acids is 1. The van der Waals surface area contributed by atoms with Gasteiger partial charge in [-0.1, -0.05) is 28.4 Å². The Kier molecular flexibility index (Phi) is 4.25. The molecule has 2 aromatic heterocycles. The van der Waals surface area contributed by atoms with Crippen LogP contribution < -0.4 is 11.1 Å². The van der Waals surface area contributed by atoms with E-state index >= 15 is 0 Å². The van der Waals surface area contributed by atoms with Gasteiger partial charge in [-0.25, -0.2) is 14.6 Å². The third kappa shape index (κ3) is 3.37. The van der Waals surface area contributed by atoms with Crippen LogP contribution in [0.1, 0.15) is 5.69 Å². The molecular weight excluding hydrogens is 293 g/mol. The van der Waals surface area contributed by atoms with Crippen molar-refractivity contribution in [3.8, 4) is 0 Å². The minimum Gasteiger partial charge on any atom is -0.325 e. The maximum atomic E-state index is 11.7. The minimum atomic E-state index is -0.370. The number of anilines is 1. The lowest BCUT2D eigenvalue weighted by molar-refractivity contribution is -0.116. The first-order valence-electron chi connectivity index (χ1n) is 5.15. The largest absolute Gasteiger partial charge is 0.325 e. The number of nitrogens with zero attached hydrogens (tertiary/aromatic N) is 5. The van der Waals surface area contributed by atoms with E-state index in [1.54, 1.807) is 6.20 Å². The highest BCUT2D eigenvalue weighted by Gasteiger charge is 2.11. The van der Waals surface area contributed by atoms with Gasteiger partial charge in [-0.05, 0) is 0 Å². The lowest BCUT2D eigenvalue weighted by atomic mass is 10.5. The van der Waals surface area contributed by atoms with E-state index in [9.17, 15) is 4.79 Å². The molecule has 0 saturated carbocycles. The quantitative estimate of drug-likeness (QED) is 0.794. The van der Waals surface area contributed by atoms with Crippen molar-refractivity contribution >= 4 is 34.9 Å². The van der Waals surface area contributed by atoms with E-state index in [0.29, 0.717) is 5.69 Å². The summed E-state index contributed by atoms with van der Waals surface area (Å²) in [7, 11) is 0. The zero-order valence-corrected chi connectivity index (χ0v) is 11.1. The third-order valence-electron chi connectivity index (χ3n) is 2.11. The molecule has 0 aliphatic carbocycles. The molecule has 19 heavy (non-hydrogen) atoms. The molecule has 0 saturated heterocycles. The number of nitrogens with one attached hydrogen (secondary N) is 1. The molecule has 0 radical (unpaired) electrons. The maximum Gasteiger partial charge on any atom is 0.247 e. The Balaban J connectivity index is 2.03. The highest BCUT2D eigenvalue weighted by Crippen LogP contribution is 2.25. The molecule has 100 valence electrons. The van der Waals surface area contributed by atoms with Crippen molar-refractivity contribution in [2.45, 2.75) is 13.1 Å². The summed E-state index contributed by atoms with van der Waals surface area (Å²) in [5.74, 6) is -0.226. The first-order chi connectivity index (χ1) is 9.10. The number of carbonyl (C=O) groups is 1. The smallest absolute Gasteiger partial charge is 0.247 e. The summed E-state index contributed by atoms with van der Waals surface area (Å²) < 4.78 is 1.36. The molecular formula is C9H9Cl2N7O. The van der Waals surface area contributed by atoms with Crippen LogP contribution in [0.4, 0.5) is 5.82 Å². The minimum absolute atomic E-state index is 0.0368. The van der Waals surface area contributed by atoms with Crippen LogP contribution in [-0.2, 0) is 17.9 Å². The normalized spacial score (nSPS) is 10.5. The van der Waals surface area contributed by atoms with Gasteiger partial charge in [-0.2, -0.15) is 0 Å². The first kappa shape index (κ1) is 13.7. The Hall–Kier alpha value is -1.77. The number of hydrogen-bond acceptors (Lipinski definition) is 6. The van der Waals surface area contributed by atoms with Crippen LogP contribution in [0.15, 0.2) is 12.5 Å². The fourth-order valence-corrected chi connectivity index (χ4v) is 1.54. The fraction of sp³-hybridized carbons (Fsp3) is 0.222. The first-order valence-corrected chi connectivity index (χ1v) is 5.90. The van der Waals surface area contributed by atoms with E-state index in [-0.39, 0.29) is 35.0 Å². The predicted octanol–water partition coefficient (Wildman–Crippen LogP) is 0.472. The van der Waals surface area contributed by atoms with Crippen molar-refractivity contribution < 1.29 is 4.79 Å². The van der Waals surface area contributed by atoms with Gasteiger partial charge in [-0.15, -0.1) is 5.10 Å². The SMILES string of the molecule is NCc1cn(CC(=O)Nc2ncnc(Cl)c2Cl)nn1. The number of hydrogen-bond donors (Lipinski definition) is 2. The highest BCUT2D eigenvalue weighted by molar-refractivity contribution is 6.42. The van der Waals surface area contributed by atoms with Gasteiger partial charge in [0.05, 0.1) is 11.9 Å². The Bertz CT molecular complexity index is 600. The zero-order valence-electron chi connectivity index (χ0n) is 9.55. The molecule has 0 spiro atoms. The Morgan fingerprint density at radius 2 is 2.21 bits per heavy atom. The average molecular weight is 302 g/mol. The maximum absolute atomic E-state index is 11.7. The van der Waals surface area contributed by atoms with Crippen molar-refractivity contribution in [1.29, 1.82) is 0 Å². The molecule has 0 bridgehead atoms. The number of amides is 1. The summed E-state index contributed by atoms with van der Waals surface area (Å²) in [6, 6.07) is 0. The third-order valence-corrected chi connectivity index (χ3v) is 2.85. The number of rotatable bonds is 4. The van der Waals surface area contributed by atoms with E-state index < -0.39 is 0 Å². The molecule has 0 fully saturated rings. The van der Waals surface area contributed by atoms with Gasteiger partial charge in [-0.3, -0.25) is 4.79 Å². The van der Waals surface area contributed by atoms with Crippen LogP contribution in [-0.4, -0.2) is 30.9 Å². The number of nitrogens with two attached hydrogens (primary N) is 1. The molecule has 2 heterocycles. The van der Waals surface area contributed by atoms with Gasteiger partial charge in [0.2, 0.25) is 5.91 Å². The molecule has 0 aliphatic rings. The lowest BCUT2D eigenvalue weighted by Gasteiger charge is -2.06. The lowest BCUT2D eigenvalue weighted by Crippen LogP contribution is -2.20. The number of aromatic nitrogens is 5. The van der Waals surface area contributed by atoms with Crippen LogP contribution in [0.5, 0.6) is 0 Å². The second kappa shape index (κ2) is 5.91. The van der Waals surface area contributed by atoms with Crippen LogP contribution in [0.2, 0.25) is 10.2 Å².